The lowest BCUT2D eigenvalue weighted by molar-refractivity contribution is 0.311. The van der Waals surface area contributed by atoms with Crippen molar-refractivity contribution in [3.8, 4) is 11.4 Å². The maximum Gasteiger partial charge on any atom is 0.170 e. The summed E-state index contributed by atoms with van der Waals surface area (Å²) in [5, 5.41) is 4.25. The number of nitrogens with zero attached hydrogens (tertiary/aromatic N) is 3. The van der Waals surface area contributed by atoms with Crippen molar-refractivity contribution >= 4 is 17.3 Å². The second kappa shape index (κ2) is 8.85. The standard InChI is InChI=1S/C26H24N4OS/c1-31-22-12-10-19(11-13-22)17-30-25(24(28-26(30)32)23-9-5-6-15-27-23)20-14-16-29(18-20)21-7-3-2-4-8-21/h2-16,18,24-25H,17H2,1H3,(H,28,32)/t24-,25+/m1/s1. The van der Waals surface area contributed by atoms with Gasteiger partial charge in [-0.3, -0.25) is 4.98 Å². The molecule has 6 heteroatoms. The van der Waals surface area contributed by atoms with Gasteiger partial charge in [-0.05, 0) is 65.8 Å². The van der Waals surface area contributed by atoms with Gasteiger partial charge >= 0.3 is 0 Å². The summed E-state index contributed by atoms with van der Waals surface area (Å²) in [5.41, 5.74) is 4.46. The Morgan fingerprint density at radius 3 is 2.47 bits per heavy atom. The topological polar surface area (TPSA) is 42.3 Å². The number of ether oxygens (including phenoxy) is 1. The van der Waals surface area contributed by atoms with Crippen molar-refractivity contribution in [1.29, 1.82) is 0 Å². The predicted molar refractivity (Wildman–Crippen MR) is 130 cm³/mol. The first-order valence-corrected chi connectivity index (χ1v) is 11.0. The van der Waals surface area contributed by atoms with Gasteiger partial charge in [0.1, 0.15) is 5.75 Å². The molecule has 0 aliphatic carbocycles. The number of aromatic nitrogens is 2. The Hall–Kier alpha value is -3.64. The molecule has 1 aliphatic rings. The van der Waals surface area contributed by atoms with E-state index in [0.717, 1.165) is 22.2 Å². The molecule has 1 aliphatic heterocycles. The van der Waals surface area contributed by atoms with Crippen LogP contribution in [0, 0.1) is 0 Å². The molecule has 0 saturated carbocycles. The predicted octanol–water partition coefficient (Wildman–Crippen LogP) is 5.05. The molecule has 160 valence electrons. The summed E-state index contributed by atoms with van der Waals surface area (Å²) in [6, 6.07) is 26.6. The van der Waals surface area contributed by atoms with E-state index in [1.54, 1.807) is 7.11 Å². The van der Waals surface area contributed by atoms with E-state index < -0.39 is 0 Å². The molecular formula is C26H24N4OS. The summed E-state index contributed by atoms with van der Waals surface area (Å²) in [7, 11) is 1.68. The summed E-state index contributed by atoms with van der Waals surface area (Å²) in [5.74, 6) is 0.846. The van der Waals surface area contributed by atoms with Gasteiger partial charge in [-0.15, -0.1) is 0 Å². The van der Waals surface area contributed by atoms with Crippen LogP contribution in [0.1, 0.15) is 28.9 Å². The van der Waals surface area contributed by atoms with Crippen LogP contribution in [0.2, 0.25) is 0 Å². The Morgan fingerprint density at radius 2 is 1.75 bits per heavy atom. The fraction of sp³-hybridized carbons (Fsp3) is 0.154. The van der Waals surface area contributed by atoms with Crippen LogP contribution >= 0.6 is 12.2 Å². The van der Waals surface area contributed by atoms with Crippen molar-refractivity contribution in [2.75, 3.05) is 7.11 Å². The van der Waals surface area contributed by atoms with Crippen molar-refractivity contribution < 1.29 is 4.74 Å². The van der Waals surface area contributed by atoms with Gasteiger partial charge in [-0.25, -0.2) is 0 Å². The van der Waals surface area contributed by atoms with Crippen LogP contribution in [0.4, 0.5) is 0 Å². The zero-order chi connectivity index (χ0) is 21.9. The number of hydrogen-bond acceptors (Lipinski definition) is 3. The van der Waals surface area contributed by atoms with E-state index in [4.69, 9.17) is 17.0 Å². The van der Waals surface area contributed by atoms with Crippen LogP contribution in [0.3, 0.4) is 0 Å². The number of hydrogen-bond donors (Lipinski definition) is 1. The molecular weight excluding hydrogens is 416 g/mol. The van der Waals surface area contributed by atoms with Crippen molar-refractivity contribution in [1.82, 2.24) is 19.8 Å². The minimum Gasteiger partial charge on any atom is -0.497 e. The molecule has 0 amide bonds. The zero-order valence-corrected chi connectivity index (χ0v) is 18.6. The van der Waals surface area contributed by atoms with Crippen molar-refractivity contribution in [3.05, 3.63) is 114 Å². The highest BCUT2D eigenvalue weighted by Crippen LogP contribution is 2.39. The van der Waals surface area contributed by atoms with E-state index in [0.29, 0.717) is 6.54 Å². The lowest BCUT2D eigenvalue weighted by atomic mass is 9.98. The van der Waals surface area contributed by atoms with Crippen molar-refractivity contribution in [3.63, 3.8) is 0 Å². The molecule has 5 rings (SSSR count). The van der Waals surface area contributed by atoms with Gasteiger partial charge in [0, 0.05) is 30.8 Å². The quantitative estimate of drug-likeness (QED) is 0.425. The number of nitrogens with one attached hydrogen (secondary N) is 1. The zero-order valence-electron chi connectivity index (χ0n) is 17.8. The normalized spacial score (nSPS) is 17.9. The van der Waals surface area contributed by atoms with E-state index >= 15 is 0 Å². The van der Waals surface area contributed by atoms with Crippen LogP contribution in [-0.2, 0) is 6.54 Å². The Bertz CT molecular complexity index is 1190. The molecule has 1 fully saturated rings. The molecule has 2 aromatic carbocycles. The Morgan fingerprint density at radius 1 is 0.969 bits per heavy atom. The molecule has 5 nitrogen and oxygen atoms in total. The number of para-hydroxylation sites is 1. The van der Waals surface area contributed by atoms with E-state index in [1.165, 1.54) is 11.1 Å². The molecule has 1 saturated heterocycles. The fourth-order valence-electron chi connectivity index (χ4n) is 4.22. The fourth-order valence-corrected chi connectivity index (χ4v) is 4.52. The van der Waals surface area contributed by atoms with Gasteiger partial charge in [-0.1, -0.05) is 36.4 Å². The summed E-state index contributed by atoms with van der Waals surface area (Å²) in [6.45, 7) is 0.695. The highest BCUT2D eigenvalue weighted by atomic mass is 32.1. The van der Waals surface area contributed by atoms with Gasteiger partial charge in [0.2, 0.25) is 0 Å². The Kier molecular flexibility index (Phi) is 5.60. The van der Waals surface area contributed by atoms with Gasteiger partial charge in [-0.2, -0.15) is 0 Å². The Balaban J connectivity index is 1.51. The second-order valence-corrected chi connectivity index (χ2v) is 8.18. The third kappa shape index (κ3) is 3.97. The first kappa shape index (κ1) is 20.3. The summed E-state index contributed by atoms with van der Waals surface area (Å²) < 4.78 is 7.46. The molecule has 0 unspecified atom stereocenters. The third-order valence-electron chi connectivity index (χ3n) is 5.82. The van der Waals surface area contributed by atoms with Crippen LogP contribution in [0.15, 0.2) is 97.5 Å². The number of pyridine rings is 1. The molecule has 0 spiro atoms. The van der Waals surface area contributed by atoms with Crippen LogP contribution in [0.25, 0.3) is 5.69 Å². The average Bonchev–Trinajstić information content (AvgIpc) is 3.46. The number of rotatable bonds is 6. The lowest BCUT2D eigenvalue weighted by Gasteiger charge is -2.27. The monoisotopic (exact) mass is 440 g/mol. The first-order valence-electron chi connectivity index (χ1n) is 10.6. The van der Waals surface area contributed by atoms with Crippen molar-refractivity contribution in [2.45, 2.75) is 18.6 Å². The second-order valence-electron chi connectivity index (χ2n) is 7.79. The van der Waals surface area contributed by atoms with E-state index in [-0.39, 0.29) is 12.1 Å². The molecule has 4 aromatic rings. The number of benzene rings is 2. The Labute approximate surface area is 193 Å². The molecule has 2 atom stereocenters. The molecule has 1 N–H and O–H groups in total. The number of thiocarbonyl (C=S) groups is 1. The van der Waals surface area contributed by atoms with Gasteiger partial charge in [0.15, 0.2) is 5.11 Å². The molecule has 0 radical (unpaired) electrons. The minimum atomic E-state index is -0.0337. The smallest absolute Gasteiger partial charge is 0.170 e. The van der Waals surface area contributed by atoms with Gasteiger partial charge in [0.25, 0.3) is 0 Å². The largest absolute Gasteiger partial charge is 0.497 e. The summed E-state index contributed by atoms with van der Waals surface area (Å²) in [6.07, 6.45) is 6.12. The van der Waals surface area contributed by atoms with Gasteiger partial charge in [0.05, 0.1) is 24.9 Å². The van der Waals surface area contributed by atoms with E-state index in [1.807, 2.05) is 48.7 Å². The first-order chi connectivity index (χ1) is 15.7. The maximum absolute atomic E-state index is 5.80. The van der Waals surface area contributed by atoms with Gasteiger partial charge < -0.3 is 19.5 Å². The van der Waals surface area contributed by atoms with E-state index in [9.17, 15) is 0 Å². The molecule has 32 heavy (non-hydrogen) atoms. The molecule has 3 heterocycles. The summed E-state index contributed by atoms with van der Waals surface area (Å²) >= 11 is 5.80. The number of methoxy groups -OCH3 is 1. The minimum absolute atomic E-state index is 0.0180. The maximum atomic E-state index is 5.80. The highest BCUT2D eigenvalue weighted by molar-refractivity contribution is 7.80. The van der Waals surface area contributed by atoms with Crippen molar-refractivity contribution in [2.24, 2.45) is 0 Å². The van der Waals surface area contributed by atoms with E-state index in [2.05, 4.69) is 68.6 Å². The average molecular weight is 441 g/mol. The van der Waals surface area contributed by atoms with Crippen LogP contribution in [-0.4, -0.2) is 26.7 Å². The SMILES string of the molecule is COc1ccc(CN2C(=S)N[C@H](c3ccccn3)[C@@H]2c2ccn(-c3ccccc3)c2)cc1. The molecule has 0 bridgehead atoms. The highest BCUT2D eigenvalue weighted by Gasteiger charge is 2.40. The lowest BCUT2D eigenvalue weighted by Crippen LogP contribution is -2.29. The summed E-state index contributed by atoms with van der Waals surface area (Å²) in [4.78, 5) is 6.88. The van der Waals surface area contributed by atoms with Crippen LogP contribution in [0.5, 0.6) is 5.75 Å². The molecule has 2 aromatic heterocycles. The van der Waals surface area contributed by atoms with Crippen LogP contribution < -0.4 is 10.1 Å². The third-order valence-corrected chi connectivity index (χ3v) is 6.17.